The summed E-state index contributed by atoms with van der Waals surface area (Å²) in [6.45, 7) is 2.16. The lowest BCUT2D eigenvalue weighted by Gasteiger charge is -2.14. The largest absolute Gasteiger partial charge is 0.398 e. The maximum Gasteiger partial charge on any atom is 0.0734 e. The van der Waals surface area contributed by atoms with Gasteiger partial charge in [-0.25, -0.2) is 0 Å². The van der Waals surface area contributed by atoms with Crippen LogP contribution in [0.3, 0.4) is 0 Å². The summed E-state index contributed by atoms with van der Waals surface area (Å²) in [6, 6.07) is 27.6. The van der Waals surface area contributed by atoms with Crippen LogP contribution in [0, 0.1) is 0 Å². The molecule has 6 rings (SSSR count). The molecule has 1 unspecified atom stereocenters. The summed E-state index contributed by atoms with van der Waals surface area (Å²) in [5.41, 5.74) is 16.3. The molecule has 4 aromatic rings. The molecular formula is C39H35N3. The van der Waals surface area contributed by atoms with E-state index in [0.717, 1.165) is 47.2 Å². The molecule has 2 aliphatic rings. The Balaban J connectivity index is 1.40. The van der Waals surface area contributed by atoms with Crippen molar-refractivity contribution in [2.45, 2.75) is 32.2 Å². The van der Waals surface area contributed by atoms with Gasteiger partial charge >= 0.3 is 0 Å². The summed E-state index contributed by atoms with van der Waals surface area (Å²) in [5, 5.41) is 2.44. The highest BCUT2D eigenvalue weighted by Gasteiger charge is 2.13. The number of aliphatic imine (C=N–C) groups is 1. The third kappa shape index (κ3) is 6.16. The third-order valence-electron chi connectivity index (χ3n) is 7.82. The molecule has 2 aliphatic carbocycles. The third-order valence-corrected chi connectivity index (χ3v) is 7.82. The lowest BCUT2D eigenvalue weighted by molar-refractivity contribution is 0.830. The van der Waals surface area contributed by atoms with E-state index < -0.39 is 0 Å². The average Bonchev–Trinajstić information content (AvgIpc) is 3.32. The van der Waals surface area contributed by atoms with Crippen molar-refractivity contribution in [1.29, 1.82) is 0 Å². The van der Waals surface area contributed by atoms with E-state index in [-0.39, 0.29) is 6.04 Å². The molecule has 206 valence electrons. The van der Waals surface area contributed by atoms with E-state index in [1.807, 2.05) is 18.3 Å². The molecule has 0 spiro atoms. The first-order chi connectivity index (χ1) is 20.7. The minimum atomic E-state index is -0.0647. The smallest absolute Gasteiger partial charge is 0.0734 e. The van der Waals surface area contributed by atoms with Crippen molar-refractivity contribution >= 4 is 27.6 Å². The van der Waals surface area contributed by atoms with Crippen LogP contribution in [0.5, 0.6) is 0 Å². The lowest BCUT2D eigenvalue weighted by Crippen LogP contribution is -2.08. The van der Waals surface area contributed by atoms with Gasteiger partial charge in [0.2, 0.25) is 0 Å². The molecule has 0 bridgehead atoms. The molecule has 1 heterocycles. The van der Waals surface area contributed by atoms with E-state index in [1.165, 1.54) is 27.5 Å². The maximum absolute atomic E-state index is 6.85. The second-order valence-corrected chi connectivity index (χ2v) is 10.7. The Hall–Kier alpha value is -5.02. The molecular weight excluding hydrogens is 510 g/mol. The molecule has 0 amide bonds. The van der Waals surface area contributed by atoms with Gasteiger partial charge in [0.05, 0.1) is 11.8 Å². The molecule has 0 saturated heterocycles. The quantitative estimate of drug-likeness (QED) is 0.235. The van der Waals surface area contributed by atoms with E-state index in [9.17, 15) is 0 Å². The number of benzene rings is 3. The number of allylic oxidation sites excluding steroid dienone is 10. The second-order valence-electron chi connectivity index (χ2n) is 10.7. The van der Waals surface area contributed by atoms with Crippen LogP contribution < -0.4 is 5.73 Å². The molecule has 0 radical (unpaired) electrons. The summed E-state index contributed by atoms with van der Waals surface area (Å²) in [4.78, 5) is 9.61. The van der Waals surface area contributed by atoms with Gasteiger partial charge in [0.25, 0.3) is 0 Å². The van der Waals surface area contributed by atoms with Crippen molar-refractivity contribution < 1.29 is 0 Å². The van der Waals surface area contributed by atoms with Crippen molar-refractivity contribution in [2.75, 3.05) is 0 Å². The summed E-state index contributed by atoms with van der Waals surface area (Å²) >= 11 is 0. The normalized spacial score (nSPS) is 16.5. The number of nitrogens with two attached hydrogens (primary N) is 1. The molecule has 3 nitrogen and oxygen atoms in total. The first-order valence-corrected chi connectivity index (χ1v) is 14.6. The van der Waals surface area contributed by atoms with Gasteiger partial charge in [0.1, 0.15) is 0 Å². The van der Waals surface area contributed by atoms with Gasteiger partial charge in [-0.1, -0.05) is 109 Å². The SMILES string of the molecule is CC(/N=C(\C=C(/N)C1=CCC=CC(c2cccnc2)=C1)c1ccc(C2=CCCC=C2)cc1)c1cccc2ccccc12. The molecule has 1 atom stereocenters. The van der Waals surface area contributed by atoms with Crippen LogP contribution >= 0.6 is 0 Å². The van der Waals surface area contributed by atoms with Crippen molar-refractivity contribution in [3.63, 3.8) is 0 Å². The van der Waals surface area contributed by atoms with Gasteiger partial charge in [-0.3, -0.25) is 9.98 Å². The highest BCUT2D eigenvalue weighted by molar-refractivity contribution is 6.10. The number of rotatable bonds is 7. The number of fused-ring (bicyclic) bond motifs is 1. The van der Waals surface area contributed by atoms with Crippen molar-refractivity contribution in [3.8, 4) is 0 Å². The fourth-order valence-electron chi connectivity index (χ4n) is 5.56. The average molecular weight is 546 g/mol. The molecule has 42 heavy (non-hydrogen) atoms. The molecule has 2 N–H and O–H groups in total. The zero-order chi connectivity index (χ0) is 28.7. The monoisotopic (exact) mass is 545 g/mol. The van der Waals surface area contributed by atoms with E-state index in [4.69, 9.17) is 10.7 Å². The van der Waals surface area contributed by atoms with Gasteiger partial charge in [-0.2, -0.15) is 0 Å². The lowest BCUT2D eigenvalue weighted by atomic mass is 9.96. The molecule has 0 saturated carbocycles. The van der Waals surface area contributed by atoms with E-state index in [2.05, 4.69) is 127 Å². The molecule has 3 heteroatoms. The fraction of sp³-hybridized carbons (Fsp3) is 0.128. The van der Waals surface area contributed by atoms with Crippen LogP contribution in [-0.4, -0.2) is 10.7 Å². The Morgan fingerprint density at radius 1 is 0.833 bits per heavy atom. The van der Waals surface area contributed by atoms with E-state index >= 15 is 0 Å². The highest BCUT2D eigenvalue weighted by Crippen LogP contribution is 2.29. The first kappa shape index (κ1) is 27.2. The Labute approximate surface area is 248 Å². The fourth-order valence-corrected chi connectivity index (χ4v) is 5.56. The number of aromatic nitrogens is 1. The van der Waals surface area contributed by atoms with Crippen LogP contribution in [0.1, 0.15) is 54.5 Å². The van der Waals surface area contributed by atoms with Crippen LogP contribution in [0.4, 0.5) is 0 Å². The number of hydrogen-bond donors (Lipinski definition) is 1. The summed E-state index contributed by atoms with van der Waals surface area (Å²) < 4.78 is 0. The van der Waals surface area contributed by atoms with Gasteiger partial charge < -0.3 is 5.73 Å². The first-order valence-electron chi connectivity index (χ1n) is 14.6. The van der Waals surface area contributed by atoms with Gasteiger partial charge in [0, 0.05) is 18.1 Å². The van der Waals surface area contributed by atoms with Crippen LogP contribution in [0.15, 0.2) is 156 Å². The number of pyridine rings is 1. The zero-order valence-electron chi connectivity index (χ0n) is 23.9. The number of hydrogen-bond acceptors (Lipinski definition) is 3. The Bertz CT molecular complexity index is 1790. The van der Waals surface area contributed by atoms with Crippen molar-refractivity contribution in [3.05, 3.63) is 173 Å². The minimum absolute atomic E-state index is 0.0647. The Kier molecular flexibility index (Phi) is 8.19. The minimum Gasteiger partial charge on any atom is -0.398 e. The van der Waals surface area contributed by atoms with Gasteiger partial charge in [0.15, 0.2) is 0 Å². The Morgan fingerprint density at radius 2 is 1.67 bits per heavy atom. The molecule has 0 aliphatic heterocycles. The van der Waals surface area contributed by atoms with Crippen molar-refractivity contribution in [2.24, 2.45) is 10.7 Å². The summed E-state index contributed by atoms with van der Waals surface area (Å²) in [6.07, 6.45) is 24.1. The molecule has 3 aromatic carbocycles. The predicted molar refractivity (Wildman–Crippen MR) is 178 cm³/mol. The highest BCUT2D eigenvalue weighted by atomic mass is 14.8. The zero-order valence-corrected chi connectivity index (χ0v) is 23.9. The summed E-state index contributed by atoms with van der Waals surface area (Å²) in [5.74, 6) is 0. The van der Waals surface area contributed by atoms with E-state index in [0.29, 0.717) is 5.70 Å². The van der Waals surface area contributed by atoms with Crippen LogP contribution in [0.25, 0.3) is 21.9 Å². The van der Waals surface area contributed by atoms with Gasteiger partial charge in [-0.15, -0.1) is 0 Å². The van der Waals surface area contributed by atoms with E-state index in [1.54, 1.807) is 6.20 Å². The molecule has 0 fully saturated rings. The number of nitrogens with zero attached hydrogens (tertiary/aromatic N) is 2. The Morgan fingerprint density at radius 3 is 2.48 bits per heavy atom. The van der Waals surface area contributed by atoms with Crippen LogP contribution in [0.2, 0.25) is 0 Å². The topological polar surface area (TPSA) is 51.3 Å². The van der Waals surface area contributed by atoms with Crippen LogP contribution in [-0.2, 0) is 0 Å². The standard InChI is InChI=1S/C39H35N3/c1-28(36-19-9-16-31-13-7-8-18-37(31)36)42-39(32-22-20-30(21-23-32)29-11-3-2-4-12-29)26-38(40)34-15-6-5-14-33(25-34)35-17-10-24-41-27-35/h3,5,7-28H,2,4,6,40H2,1H3/b38-26-,42-39+. The second kappa shape index (κ2) is 12.7. The summed E-state index contributed by atoms with van der Waals surface area (Å²) in [7, 11) is 0. The van der Waals surface area contributed by atoms with Crippen molar-refractivity contribution in [1.82, 2.24) is 4.98 Å². The maximum atomic E-state index is 6.85. The van der Waals surface area contributed by atoms with Gasteiger partial charge in [-0.05, 0) is 94.2 Å². The predicted octanol–water partition coefficient (Wildman–Crippen LogP) is 9.33. The molecule has 1 aromatic heterocycles.